The molecule has 0 aliphatic carbocycles. The van der Waals surface area contributed by atoms with Gasteiger partial charge in [0, 0.05) is 38.3 Å². The first-order valence-electron chi connectivity index (χ1n) is 4.94. The van der Waals surface area contributed by atoms with Crippen molar-refractivity contribution in [2.24, 2.45) is 5.73 Å². The number of rotatable bonds is 3. The lowest BCUT2D eigenvalue weighted by Crippen LogP contribution is -2.58. The second-order valence-electron chi connectivity index (χ2n) is 3.91. The molecule has 2 N–H and O–H groups in total. The Morgan fingerprint density at radius 1 is 1.54 bits per heavy atom. The molecule has 1 saturated heterocycles. The Morgan fingerprint density at radius 3 is 2.77 bits per heavy atom. The molecule has 2 unspecified atom stereocenters. The van der Waals surface area contributed by atoms with Crippen LogP contribution in [0, 0.1) is 0 Å². The summed E-state index contributed by atoms with van der Waals surface area (Å²) in [6.45, 7) is 9.93. The minimum atomic E-state index is 0.503. The zero-order valence-electron chi connectivity index (χ0n) is 8.74. The van der Waals surface area contributed by atoms with E-state index < -0.39 is 0 Å². The highest BCUT2D eigenvalue weighted by molar-refractivity contribution is 4.88. The Morgan fingerprint density at radius 2 is 2.23 bits per heavy atom. The highest BCUT2D eigenvalue weighted by atomic mass is 15.3. The highest BCUT2D eigenvalue weighted by Gasteiger charge is 2.27. The van der Waals surface area contributed by atoms with Crippen molar-refractivity contribution in [2.45, 2.75) is 19.0 Å². The van der Waals surface area contributed by atoms with Crippen molar-refractivity contribution in [3.05, 3.63) is 12.7 Å². The monoisotopic (exact) mass is 183 g/mol. The van der Waals surface area contributed by atoms with Gasteiger partial charge in [0.05, 0.1) is 0 Å². The minimum Gasteiger partial charge on any atom is -0.329 e. The number of nitrogens with two attached hydrogens (primary N) is 1. The van der Waals surface area contributed by atoms with Crippen LogP contribution < -0.4 is 5.73 Å². The Labute approximate surface area is 81.2 Å². The van der Waals surface area contributed by atoms with Crippen molar-refractivity contribution in [2.75, 3.05) is 33.2 Å². The molecular formula is C10H21N3. The summed E-state index contributed by atoms with van der Waals surface area (Å²) >= 11 is 0. The van der Waals surface area contributed by atoms with Gasteiger partial charge in [-0.2, -0.15) is 0 Å². The van der Waals surface area contributed by atoms with Crippen molar-refractivity contribution in [3.63, 3.8) is 0 Å². The lowest BCUT2D eigenvalue weighted by molar-refractivity contribution is 0.0624. The number of hydrogen-bond donors (Lipinski definition) is 1. The molecule has 0 saturated carbocycles. The Balaban J connectivity index is 2.52. The Bertz CT molecular complexity index is 170. The van der Waals surface area contributed by atoms with Crippen LogP contribution in [0.2, 0.25) is 0 Å². The minimum absolute atomic E-state index is 0.503. The first kappa shape index (κ1) is 10.7. The molecule has 1 heterocycles. The topological polar surface area (TPSA) is 32.5 Å². The van der Waals surface area contributed by atoms with E-state index in [0.717, 1.165) is 26.2 Å². The fraction of sp³-hybridized carbons (Fsp3) is 0.800. The van der Waals surface area contributed by atoms with Crippen LogP contribution in [-0.4, -0.2) is 55.1 Å². The second kappa shape index (κ2) is 4.74. The standard InChI is InChI=1S/C10H21N3/c1-4-5-13-7-9(2)12(3)10(6-11)8-13/h4,9-10H,1,5-8,11H2,2-3H3. The fourth-order valence-electron chi connectivity index (χ4n) is 1.94. The van der Waals surface area contributed by atoms with Crippen LogP contribution in [0.15, 0.2) is 12.7 Å². The van der Waals surface area contributed by atoms with Crippen LogP contribution in [0.4, 0.5) is 0 Å². The van der Waals surface area contributed by atoms with E-state index in [1.54, 1.807) is 0 Å². The van der Waals surface area contributed by atoms with E-state index in [0.29, 0.717) is 12.1 Å². The molecule has 13 heavy (non-hydrogen) atoms. The summed E-state index contributed by atoms with van der Waals surface area (Å²) in [4.78, 5) is 4.79. The summed E-state index contributed by atoms with van der Waals surface area (Å²) in [7, 11) is 2.16. The van der Waals surface area contributed by atoms with Gasteiger partial charge < -0.3 is 5.73 Å². The SMILES string of the molecule is C=CCN1CC(C)N(C)C(CN)C1. The zero-order chi connectivity index (χ0) is 9.84. The maximum absolute atomic E-state index is 5.72. The first-order valence-corrected chi connectivity index (χ1v) is 4.94. The lowest BCUT2D eigenvalue weighted by Gasteiger charge is -2.43. The van der Waals surface area contributed by atoms with Crippen molar-refractivity contribution in [1.82, 2.24) is 9.80 Å². The zero-order valence-corrected chi connectivity index (χ0v) is 8.74. The quantitative estimate of drug-likeness (QED) is 0.632. The van der Waals surface area contributed by atoms with E-state index in [1.807, 2.05) is 6.08 Å². The van der Waals surface area contributed by atoms with Crippen LogP contribution >= 0.6 is 0 Å². The number of hydrogen-bond acceptors (Lipinski definition) is 3. The van der Waals surface area contributed by atoms with Crippen molar-refractivity contribution in [1.29, 1.82) is 0 Å². The molecule has 0 amide bonds. The normalized spacial score (nSPS) is 31.9. The maximum atomic E-state index is 5.72. The molecule has 0 aromatic heterocycles. The fourth-order valence-corrected chi connectivity index (χ4v) is 1.94. The largest absolute Gasteiger partial charge is 0.329 e. The molecule has 0 aromatic carbocycles. The van der Waals surface area contributed by atoms with Crippen LogP contribution in [0.25, 0.3) is 0 Å². The summed E-state index contributed by atoms with van der Waals surface area (Å²) in [5.74, 6) is 0. The Kier molecular flexibility index (Phi) is 3.90. The molecule has 1 fully saturated rings. The highest BCUT2D eigenvalue weighted by Crippen LogP contribution is 2.12. The van der Waals surface area contributed by atoms with Gasteiger partial charge in [0.1, 0.15) is 0 Å². The molecule has 3 nitrogen and oxygen atoms in total. The third-order valence-corrected chi connectivity index (χ3v) is 2.92. The smallest absolute Gasteiger partial charge is 0.0346 e. The molecule has 2 atom stereocenters. The summed E-state index contributed by atoms with van der Waals surface area (Å²) < 4.78 is 0. The summed E-state index contributed by atoms with van der Waals surface area (Å²) in [6.07, 6.45) is 1.96. The number of likely N-dealkylation sites (N-methyl/N-ethyl adjacent to an activating group) is 1. The van der Waals surface area contributed by atoms with Gasteiger partial charge in [-0.25, -0.2) is 0 Å². The molecule has 0 spiro atoms. The van der Waals surface area contributed by atoms with E-state index in [-0.39, 0.29) is 0 Å². The number of nitrogens with zero attached hydrogens (tertiary/aromatic N) is 2. The van der Waals surface area contributed by atoms with Crippen LogP contribution in [0.5, 0.6) is 0 Å². The van der Waals surface area contributed by atoms with Crippen LogP contribution in [0.1, 0.15) is 6.92 Å². The predicted octanol–water partition coefficient (Wildman–Crippen LogP) is 0.136. The third-order valence-electron chi connectivity index (χ3n) is 2.92. The van der Waals surface area contributed by atoms with Crippen LogP contribution in [0.3, 0.4) is 0 Å². The van der Waals surface area contributed by atoms with Gasteiger partial charge in [-0.15, -0.1) is 6.58 Å². The van der Waals surface area contributed by atoms with Crippen molar-refractivity contribution in [3.8, 4) is 0 Å². The molecule has 1 aliphatic heterocycles. The van der Waals surface area contributed by atoms with Gasteiger partial charge in [0.15, 0.2) is 0 Å². The molecule has 1 rings (SSSR count). The molecule has 1 aliphatic rings. The summed E-state index contributed by atoms with van der Waals surface area (Å²) in [6, 6.07) is 1.10. The van der Waals surface area contributed by atoms with Crippen molar-refractivity contribution < 1.29 is 0 Å². The van der Waals surface area contributed by atoms with Gasteiger partial charge in [0.25, 0.3) is 0 Å². The second-order valence-corrected chi connectivity index (χ2v) is 3.91. The number of piperazine rings is 1. The maximum Gasteiger partial charge on any atom is 0.0346 e. The first-order chi connectivity index (χ1) is 6.19. The predicted molar refractivity (Wildman–Crippen MR) is 56.7 cm³/mol. The van der Waals surface area contributed by atoms with E-state index in [4.69, 9.17) is 5.73 Å². The van der Waals surface area contributed by atoms with Gasteiger partial charge in [-0.05, 0) is 14.0 Å². The lowest BCUT2D eigenvalue weighted by atomic mass is 10.1. The average Bonchev–Trinajstić information content (AvgIpc) is 2.11. The molecule has 76 valence electrons. The van der Waals surface area contributed by atoms with Crippen LogP contribution in [-0.2, 0) is 0 Å². The van der Waals surface area contributed by atoms with Gasteiger partial charge in [-0.3, -0.25) is 9.80 Å². The van der Waals surface area contributed by atoms with Crippen molar-refractivity contribution >= 4 is 0 Å². The average molecular weight is 183 g/mol. The third kappa shape index (κ3) is 2.53. The van der Waals surface area contributed by atoms with E-state index in [9.17, 15) is 0 Å². The molecule has 0 bridgehead atoms. The summed E-state index contributed by atoms with van der Waals surface area (Å²) in [5.41, 5.74) is 5.72. The van der Waals surface area contributed by atoms with E-state index in [1.165, 1.54) is 0 Å². The van der Waals surface area contributed by atoms with Gasteiger partial charge in [0.2, 0.25) is 0 Å². The molecular weight excluding hydrogens is 162 g/mol. The molecule has 0 radical (unpaired) electrons. The van der Waals surface area contributed by atoms with E-state index in [2.05, 4.69) is 30.4 Å². The molecule has 3 heteroatoms. The van der Waals surface area contributed by atoms with Gasteiger partial charge in [-0.1, -0.05) is 6.08 Å². The molecule has 0 aromatic rings. The van der Waals surface area contributed by atoms with E-state index >= 15 is 0 Å². The Hall–Kier alpha value is -0.380. The van der Waals surface area contributed by atoms with Gasteiger partial charge >= 0.3 is 0 Å². The summed E-state index contributed by atoms with van der Waals surface area (Å²) in [5, 5.41) is 0.